The number of nitrogens with one attached hydrogen (secondary N) is 1. The smallest absolute Gasteiger partial charge is 0.244 e. The molecule has 1 aliphatic carbocycles. The van der Waals surface area contributed by atoms with E-state index in [0.29, 0.717) is 18.4 Å². The zero-order valence-corrected chi connectivity index (χ0v) is 26.9. The van der Waals surface area contributed by atoms with Crippen molar-refractivity contribution in [1.82, 2.24) is 9.69 Å². The van der Waals surface area contributed by atoms with Gasteiger partial charge < -0.3 is 10.4 Å². The van der Waals surface area contributed by atoms with Gasteiger partial charge in [-0.15, -0.1) is 0 Å². The Morgan fingerprint density at radius 1 is 1.12 bits per heavy atom. The fraction of sp³-hybridized carbons (Fsp3) is 0.568. The molecule has 4 nitrogen and oxygen atoms in total. The van der Waals surface area contributed by atoms with Crippen molar-refractivity contribution in [3.8, 4) is 0 Å². The second-order valence-electron chi connectivity index (χ2n) is 12.7. The lowest BCUT2D eigenvalue weighted by Crippen LogP contribution is -2.45. The molecule has 3 aromatic rings. The Morgan fingerprint density at radius 2 is 1.95 bits per heavy atom. The number of aliphatic hydroxyl groups is 1. The van der Waals surface area contributed by atoms with Gasteiger partial charge in [0.05, 0.1) is 16.0 Å². The van der Waals surface area contributed by atoms with Crippen LogP contribution in [0.4, 0.5) is 0 Å². The van der Waals surface area contributed by atoms with E-state index in [9.17, 15) is 9.90 Å². The zero-order valence-electron chi connectivity index (χ0n) is 26.1. The van der Waals surface area contributed by atoms with Crippen LogP contribution in [0.3, 0.4) is 0 Å². The van der Waals surface area contributed by atoms with Crippen LogP contribution < -0.4 is 5.32 Å². The second-order valence-corrected chi connectivity index (χ2v) is 13.5. The van der Waals surface area contributed by atoms with Crippen molar-refractivity contribution in [2.75, 3.05) is 6.54 Å². The molecule has 1 aromatic heterocycles. The van der Waals surface area contributed by atoms with Crippen LogP contribution in [0.5, 0.6) is 0 Å². The number of hydrogen-bond donors (Lipinski definition) is 2. The third-order valence-electron chi connectivity index (χ3n) is 9.61. The zero-order chi connectivity index (χ0) is 29.8. The average Bonchev–Trinajstić information content (AvgIpc) is 3.59. The highest BCUT2D eigenvalue weighted by atomic mass is 32.1. The molecule has 0 saturated heterocycles. The van der Waals surface area contributed by atoms with E-state index >= 15 is 0 Å². The Labute approximate surface area is 258 Å². The van der Waals surface area contributed by atoms with Crippen molar-refractivity contribution in [2.45, 2.75) is 110 Å². The van der Waals surface area contributed by atoms with E-state index in [-0.39, 0.29) is 11.8 Å². The molecule has 1 fully saturated rings. The molecule has 1 amide bonds. The van der Waals surface area contributed by atoms with Gasteiger partial charge in [0, 0.05) is 18.0 Å². The standard InChI is InChI=1S/C37H52N2O2S/c1-4-6-16-31(17-8-7-9-20-34-33-19-10-11-21-35(33)42-39-34)28(3)25-32-18-13-24-37(32,41)27-38-36(40)23-22-30-15-12-14-29(5-2)26-30/h10-12,14-15,19,21-23,26,28,31-32,41H,4-9,13,16-18,20,24-25,27H2,1-3H3,(H,38,40). The highest BCUT2D eigenvalue weighted by molar-refractivity contribution is 7.13. The molecule has 2 N–H and O–H groups in total. The molecule has 0 spiro atoms. The first-order valence-electron chi connectivity index (χ1n) is 16.5. The number of hydrogen-bond acceptors (Lipinski definition) is 4. The van der Waals surface area contributed by atoms with Gasteiger partial charge in [-0.3, -0.25) is 4.79 Å². The third-order valence-corrected chi connectivity index (χ3v) is 10.5. The largest absolute Gasteiger partial charge is 0.388 e. The van der Waals surface area contributed by atoms with Crippen LogP contribution in [0.15, 0.2) is 54.6 Å². The molecule has 4 unspecified atom stereocenters. The second kappa shape index (κ2) is 16.4. The van der Waals surface area contributed by atoms with Crippen molar-refractivity contribution < 1.29 is 9.90 Å². The minimum Gasteiger partial charge on any atom is -0.388 e. The van der Waals surface area contributed by atoms with Gasteiger partial charge in [0.25, 0.3) is 0 Å². The molecular formula is C37H52N2O2S. The maximum absolute atomic E-state index is 12.6. The summed E-state index contributed by atoms with van der Waals surface area (Å²) in [5.41, 5.74) is 2.76. The fourth-order valence-corrected chi connectivity index (χ4v) is 7.72. The number of aryl methyl sites for hydroxylation is 2. The normalized spacial score (nSPS) is 20.3. The minimum atomic E-state index is -0.800. The predicted molar refractivity (Wildman–Crippen MR) is 179 cm³/mol. The summed E-state index contributed by atoms with van der Waals surface area (Å²) in [6, 6.07) is 16.8. The molecule has 4 rings (SSSR count). The molecule has 4 atom stereocenters. The number of fused-ring (bicyclic) bond motifs is 1. The SMILES string of the molecule is CCCCC(CCCCCc1nsc2ccccc12)C(C)CC1CCCC1(O)CNC(=O)C=Cc1cccc(CC)c1. The van der Waals surface area contributed by atoms with Crippen molar-refractivity contribution in [3.05, 3.63) is 71.4 Å². The summed E-state index contributed by atoms with van der Waals surface area (Å²) >= 11 is 1.62. The van der Waals surface area contributed by atoms with Gasteiger partial charge in [0.15, 0.2) is 0 Å². The van der Waals surface area contributed by atoms with Gasteiger partial charge in [0.1, 0.15) is 0 Å². The molecule has 0 aliphatic heterocycles. The van der Waals surface area contributed by atoms with Crippen LogP contribution in [0, 0.1) is 17.8 Å². The Morgan fingerprint density at radius 3 is 2.79 bits per heavy atom. The van der Waals surface area contributed by atoms with Crippen molar-refractivity contribution in [2.24, 2.45) is 17.8 Å². The van der Waals surface area contributed by atoms with Gasteiger partial charge in [-0.1, -0.05) is 108 Å². The van der Waals surface area contributed by atoms with Gasteiger partial charge in [-0.25, -0.2) is 0 Å². The van der Waals surface area contributed by atoms with Gasteiger partial charge >= 0.3 is 0 Å². The number of nitrogens with zero attached hydrogens (tertiary/aromatic N) is 1. The lowest BCUT2D eigenvalue weighted by atomic mass is 9.76. The van der Waals surface area contributed by atoms with Crippen LogP contribution in [0.25, 0.3) is 16.2 Å². The number of unbranched alkanes of at least 4 members (excludes halogenated alkanes) is 3. The van der Waals surface area contributed by atoms with Crippen molar-refractivity contribution in [3.63, 3.8) is 0 Å². The van der Waals surface area contributed by atoms with E-state index < -0.39 is 5.60 Å². The lowest BCUT2D eigenvalue weighted by Gasteiger charge is -2.34. The number of rotatable bonds is 17. The van der Waals surface area contributed by atoms with Crippen LogP contribution in [0.2, 0.25) is 0 Å². The number of carbonyl (C=O) groups is 1. The van der Waals surface area contributed by atoms with E-state index in [1.807, 2.05) is 18.2 Å². The Balaban J connectivity index is 1.24. The van der Waals surface area contributed by atoms with E-state index in [2.05, 4.69) is 62.5 Å². The summed E-state index contributed by atoms with van der Waals surface area (Å²) in [5, 5.41) is 16.0. The Bertz CT molecular complexity index is 1280. The number of benzene rings is 2. The predicted octanol–water partition coefficient (Wildman–Crippen LogP) is 9.16. The Hall–Kier alpha value is -2.50. The molecule has 0 radical (unpaired) electrons. The highest BCUT2D eigenvalue weighted by Gasteiger charge is 2.42. The fourth-order valence-electron chi connectivity index (χ4n) is 6.90. The molecule has 1 aliphatic rings. The Kier molecular flexibility index (Phi) is 12.6. The molecule has 1 saturated carbocycles. The van der Waals surface area contributed by atoms with E-state index in [1.165, 1.54) is 66.3 Å². The average molecular weight is 589 g/mol. The van der Waals surface area contributed by atoms with E-state index in [0.717, 1.165) is 44.1 Å². The first-order valence-corrected chi connectivity index (χ1v) is 17.3. The number of aromatic nitrogens is 1. The monoisotopic (exact) mass is 588 g/mol. The van der Waals surface area contributed by atoms with Crippen LogP contribution in [-0.4, -0.2) is 27.5 Å². The van der Waals surface area contributed by atoms with E-state index in [4.69, 9.17) is 4.37 Å². The molecule has 1 heterocycles. The lowest BCUT2D eigenvalue weighted by molar-refractivity contribution is -0.118. The highest BCUT2D eigenvalue weighted by Crippen LogP contribution is 2.42. The van der Waals surface area contributed by atoms with Gasteiger partial charge in [0.2, 0.25) is 5.91 Å². The van der Waals surface area contributed by atoms with E-state index in [1.54, 1.807) is 17.6 Å². The van der Waals surface area contributed by atoms with Crippen molar-refractivity contribution in [1.29, 1.82) is 0 Å². The first-order chi connectivity index (χ1) is 20.4. The molecule has 5 heteroatoms. The molecule has 0 bridgehead atoms. The number of amides is 1. The van der Waals surface area contributed by atoms with Gasteiger partial charge in [-0.2, -0.15) is 4.37 Å². The summed E-state index contributed by atoms with van der Waals surface area (Å²) in [5.74, 6) is 1.40. The minimum absolute atomic E-state index is 0.129. The molecule has 42 heavy (non-hydrogen) atoms. The topological polar surface area (TPSA) is 62.2 Å². The van der Waals surface area contributed by atoms with Crippen molar-refractivity contribution >= 4 is 33.6 Å². The summed E-state index contributed by atoms with van der Waals surface area (Å²) in [6.07, 6.45) is 18.2. The summed E-state index contributed by atoms with van der Waals surface area (Å²) in [7, 11) is 0. The maximum atomic E-state index is 12.6. The molecular weight excluding hydrogens is 536 g/mol. The third kappa shape index (κ3) is 9.25. The van der Waals surface area contributed by atoms with Crippen LogP contribution >= 0.6 is 11.5 Å². The quantitative estimate of drug-likeness (QED) is 0.122. The van der Waals surface area contributed by atoms with Crippen LogP contribution in [0.1, 0.15) is 108 Å². The molecule has 228 valence electrons. The first kappa shape index (κ1) is 32.4. The summed E-state index contributed by atoms with van der Waals surface area (Å²) < 4.78 is 6.01. The van der Waals surface area contributed by atoms with Gasteiger partial charge in [-0.05, 0) is 91.1 Å². The summed E-state index contributed by atoms with van der Waals surface area (Å²) in [6.45, 7) is 7.17. The molecule has 2 aromatic carbocycles. The number of carbonyl (C=O) groups excluding carboxylic acids is 1. The maximum Gasteiger partial charge on any atom is 0.244 e. The van der Waals surface area contributed by atoms with Crippen LogP contribution in [-0.2, 0) is 17.6 Å². The summed E-state index contributed by atoms with van der Waals surface area (Å²) in [4.78, 5) is 12.6.